The molecular weight excluding hydrogens is 373 g/mol. The van der Waals surface area contributed by atoms with E-state index in [1.807, 2.05) is 29.2 Å². The topological polar surface area (TPSA) is 56.7 Å². The molecule has 0 radical (unpaired) electrons. The molecule has 0 unspecified atom stereocenters. The van der Waals surface area contributed by atoms with Crippen LogP contribution in [0.2, 0.25) is 10.0 Å². The highest BCUT2D eigenvalue weighted by Crippen LogP contribution is 2.40. The summed E-state index contributed by atoms with van der Waals surface area (Å²) < 4.78 is 0. The van der Waals surface area contributed by atoms with Crippen molar-refractivity contribution in [2.75, 3.05) is 38.2 Å². The highest BCUT2D eigenvalue weighted by Gasteiger charge is 2.51. The Kier molecular flexibility index (Phi) is 5.70. The van der Waals surface area contributed by atoms with Crippen molar-refractivity contribution in [1.29, 1.82) is 0 Å². The number of hydrogen-bond donors (Lipinski definition) is 1. The monoisotopic (exact) mass is 393 g/mol. The van der Waals surface area contributed by atoms with E-state index in [4.69, 9.17) is 23.2 Å². The van der Waals surface area contributed by atoms with Crippen LogP contribution in [-0.2, 0) is 11.2 Å². The summed E-state index contributed by atoms with van der Waals surface area (Å²) in [6.45, 7) is 1.31. The third-order valence-corrected chi connectivity index (χ3v) is 5.26. The van der Waals surface area contributed by atoms with Crippen LogP contribution in [0.25, 0.3) is 0 Å². The molecule has 5 nitrogen and oxygen atoms in total. The number of benzene rings is 1. The first-order valence-corrected chi connectivity index (χ1v) is 9.17. The number of amides is 1. The number of nitrogens with zero attached hydrogens (tertiary/aromatic N) is 3. The van der Waals surface area contributed by atoms with E-state index in [-0.39, 0.29) is 12.5 Å². The Morgan fingerprint density at radius 3 is 2.58 bits per heavy atom. The molecule has 2 heterocycles. The normalized spacial score (nSPS) is 15.5. The summed E-state index contributed by atoms with van der Waals surface area (Å²) >= 11 is 12.2. The molecule has 1 fully saturated rings. The second-order valence-corrected chi connectivity index (χ2v) is 7.54. The van der Waals surface area contributed by atoms with E-state index in [9.17, 15) is 9.90 Å². The minimum atomic E-state index is -0.571. The van der Waals surface area contributed by atoms with Gasteiger partial charge in [0, 0.05) is 37.9 Å². The molecule has 138 valence electrons. The Labute approximate surface area is 163 Å². The Morgan fingerprint density at radius 2 is 1.96 bits per heavy atom. The minimum absolute atomic E-state index is 0.0183. The van der Waals surface area contributed by atoms with E-state index in [0.29, 0.717) is 41.9 Å². The quantitative estimate of drug-likeness (QED) is 0.819. The molecule has 7 heteroatoms. The average molecular weight is 394 g/mol. The van der Waals surface area contributed by atoms with Crippen LogP contribution < -0.4 is 4.90 Å². The fourth-order valence-corrected chi connectivity index (χ4v) is 3.78. The average Bonchev–Trinajstić information content (AvgIpc) is 2.60. The predicted octanol–water partition coefficient (Wildman–Crippen LogP) is 2.89. The molecule has 1 aromatic carbocycles. The Bertz CT molecular complexity index is 777. The zero-order valence-electron chi connectivity index (χ0n) is 14.5. The number of anilines is 1. The first-order chi connectivity index (χ1) is 12.4. The predicted molar refractivity (Wildman–Crippen MR) is 104 cm³/mol. The maximum Gasteiger partial charge on any atom is 0.232 e. The molecule has 3 rings (SSSR count). The maximum atomic E-state index is 13.1. The van der Waals surface area contributed by atoms with Gasteiger partial charge in [0.25, 0.3) is 0 Å². The molecule has 1 amide bonds. The van der Waals surface area contributed by atoms with Crippen LogP contribution in [0.15, 0.2) is 42.6 Å². The third-order valence-electron chi connectivity index (χ3n) is 4.72. The molecule has 26 heavy (non-hydrogen) atoms. The molecule has 1 aliphatic heterocycles. The summed E-state index contributed by atoms with van der Waals surface area (Å²) in [6, 6.07) is 11.1. The summed E-state index contributed by atoms with van der Waals surface area (Å²) in [6.07, 6.45) is 2.29. The van der Waals surface area contributed by atoms with Crippen LogP contribution >= 0.6 is 23.2 Å². The lowest BCUT2D eigenvalue weighted by Gasteiger charge is -2.51. The van der Waals surface area contributed by atoms with Gasteiger partial charge >= 0.3 is 0 Å². The number of carbonyl (C=O) groups is 1. The van der Waals surface area contributed by atoms with Gasteiger partial charge in [0.2, 0.25) is 5.91 Å². The molecule has 1 saturated heterocycles. The fraction of sp³-hybridized carbons (Fsp3) is 0.368. The van der Waals surface area contributed by atoms with Gasteiger partial charge in [-0.2, -0.15) is 0 Å². The van der Waals surface area contributed by atoms with Gasteiger partial charge in [-0.3, -0.25) is 4.79 Å². The number of aliphatic hydroxyl groups excluding tert-OH is 1. The Morgan fingerprint density at radius 1 is 1.27 bits per heavy atom. The van der Waals surface area contributed by atoms with Crippen molar-refractivity contribution in [2.24, 2.45) is 5.41 Å². The van der Waals surface area contributed by atoms with E-state index < -0.39 is 5.41 Å². The van der Waals surface area contributed by atoms with Crippen molar-refractivity contribution in [3.05, 3.63) is 58.2 Å². The van der Waals surface area contributed by atoms with Crippen molar-refractivity contribution in [2.45, 2.75) is 6.42 Å². The lowest BCUT2D eigenvalue weighted by Crippen LogP contribution is -2.65. The zero-order chi connectivity index (χ0) is 18.7. The lowest BCUT2D eigenvalue weighted by atomic mass is 9.73. The van der Waals surface area contributed by atoms with Gasteiger partial charge in [-0.25, -0.2) is 4.98 Å². The third kappa shape index (κ3) is 3.80. The molecule has 0 spiro atoms. The number of hydrogen-bond acceptors (Lipinski definition) is 4. The van der Waals surface area contributed by atoms with Crippen molar-refractivity contribution in [1.82, 2.24) is 9.88 Å². The van der Waals surface area contributed by atoms with Gasteiger partial charge in [0.05, 0.1) is 17.0 Å². The molecule has 0 aliphatic carbocycles. The van der Waals surface area contributed by atoms with E-state index in [2.05, 4.69) is 4.98 Å². The van der Waals surface area contributed by atoms with Gasteiger partial charge in [-0.05, 0) is 36.2 Å². The largest absolute Gasteiger partial charge is 0.395 e. The summed E-state index contributed by atoms with van der Waals surface area (Å²) in [5.74, 6) is 0.711. The molecule has 0 atom stereocenters. The summed E-state index contributed by atoms with van der Waals surface area (Å²) in [5.41, 5.74) is 0.477. The van der Waals surface area contributed by atoms with Crippen molar-refractivity contribution in [3.8, 4) is 0 Å². The second-order valence-electron chi connectivity index (χ2n) is 6.70. The molecule has 0 bridgehead atoms. The summed E-state index contributed by atoms with van der Waals surface area (Å²) in [5, 5.41) is 10.4. The maximum absolute atomic E-state index is 13.1. The highest BCUT2D eigenvalue weighted by atomic mass is 35.5. The van der Waals surface area contributed by atoms with Gasteiger partial charge in [-0.1, -0.05) is 35.3 Å². The lowest BCUT2D eigenvalue weighted by molar-refractivity contribution is -0.143. The summed E-state index contributed by atoms with van der Waals surface area (Å²) in [4.78, 5) is 21.0. The standard InChI is InChI=1S/C19H21Cl2N3O2/c1-23(9-10-25)18(26)19(11-14-4-6-15(20)7-5-14)12-24(13-19)17-16(21)3-2-8-22-17/h2-8,25H,9-13H2,1H3. The van der Waals surface area contributed by atoms with Crippen molar-refractivity contribution >= 4 is 34.9 Å². The second kappa shape index (κ2) is 7.82. The number of carbonyl (C=O) groups excluding carboxylic acids is 1. The van der Waals surface area contributed by atoms with Crippen LogP contribution in [0.4, 0.5) is 5.82 Å². The van der Waals surface area contributed by atoms with E-state index >= 15 is 0 Å². The molecule has 2 aromatic rings. The smallest absolute Gasteiger partial charge is 0.232 e. The molecule has 1 N–H and O–H groups in total. The Balaban J connectivity index is 1.83. The molecule has 1 aliphatic rings. The molecule has 0 saturated carbocycles. The minimum Gasteiger partial charge on any atom is -0.395 e. The number of aliphatic hydroxyl groups is 1. The van der Waals surface area contributed by atoms with Crippen LogP contribution in [0.1, 0.15) is 5.56 Å². The van der Waals surface area contributed by atoms with Crippen molar-refractivity contribution in [3.63, 3.8) is 0 Å². The molecule has 1 aromatic heterocycles. The highest BCUT2D eigenvalue weighted by molar-refractivity contribution is 6.33. The number of halogens is 2. The molecular formula is C19H21Cl2N3O2. The number of rotatable bonds is 6. The van der Waals surface area contributed by atoms with E-state index in [1.54, 1.807) is 30.3 Å². The number of likely N-dealkylation sites (N-methyl/N-ethyl adjacent to an activating group) is 1. The SMILES string of the molecule is CN(CCO)C(=O)C1(Cc2ccc(Cl)cc2)CN(c2ncccc2Cl)C1. The van der Waals surface area contributed by atoms with Gasteiger partial charge in [-0.15, -0.1) is 0 Å². The first kappa shape index (κ1) is 19.0. The fourth-order valence-electron chi connectivity index (χ4n) is 3.42. The van der Waals surface area contributed by atoms with Crippen LogP contribution in [0.3, 0.4) is 0 Å². The van der Waals surface area contributed by atoms with Gasteiger partial charge < -0.3 is 14.9 Å². The van der Waals surface area contributed by atoms with E-state index in [1.165, 1.54) is 0 Å². The van der Waals surface area contributed by atoms with Crippen LogP contribution in [0.5, 0.6) is 0 Å². The Hall–Kier alpha value is -1.82. The van der Waals surface area contributed by atoms with Crippen LogP contribution in [-0.4, -0.2) is 54.2 Å². The first-order valence-electron chi connectivity index (χ1n) is 8.41. The summed E-state index contributed by atoms with van der Waals surface area (Å²) in [7, 11) is 1.72. The zero-order valence-corrected chi connectivity index (χ0v) is 16.0. The number of aromatic nitrogens is 1. The van der Waals surface area contributed by atoms with Gasteiger partial charge in [0.15, 0.2) is 0 Å². The van der Waals surface area contributed by atoms with Gasteiger partial charge in [0.1, 0.15) is 5.82 Å². The van der Waals surface area contributed by atoms with Crippen molar-refractivity contribution < 1.29 is 9.90 Å². The van der Waals surface area contributed by atoms with E-state index in [0.717, 1.165) is 5.56 Å². The van der Waals surface area contributed by atoms with Crippen LogP contribution in [0, 0.1) is 5.41 Å². The number of pyridine rings is 1.